The number of hydrogen-bond donors (Lipinski definition) is 5. The van der Waals surface area contributed by atoms with Crippen molar-refractivity contribution < 1.29 is 23.9 Å². The van der Waals surface area contributed by atoms with E-state index in [-0.39, 0.29) is 41.9 Å². The average molecular weight is 447 g/mol. The maximum absolute atomic E-state index is 13.6. The Morgan fingerprint density at radius 3 is 2.69 bits per heavy atom. The Morgan fingerprint density at radius 1 is 1.28 bits per heavy atom. The van der Waals surface area contributed by atoms with E-state index >= 15 is 0 Å². The summed E-state index contributed by atoms with van der Waals surface area (Å²) in [4.78, 5) is 44.1. The molecule has 174 valence electrons. The Labute approximate surface area is 185 Å². The highest BCUT2D eigenvalue weighted by Crippen LogP contribution is 2.55. The molecule has 4 aliphatic rings. The van der Waals surface area contributed by atoms with Crippen LogP contribution in [0.3, 0.4) is 0 Å². The molecule has 32 heavy (non-hydrogen) atoms. The molecule has 3 unspecified atom stereocenters. The number of allylic oxidation sites excluding steroid dienone is 2. The number of ether oxygens (including phenoxy) is 2. The van der Waals surface area contributed by atoms with Crippen LogP contribution in [-0.2, 0) is 19.1 Å². The van der Waals surface area contributed by atoms with E-state index in [0.717, 1.165) is 6.42 Å². The SMILES string of the molecule is CO[C@@]12C(COC(N)=O)C3=C(C(=O)C(C)=C(NCCCCN=C(N)N)C3=O)N1CC1NC12. The number of nitrogens with one attached hydrogen (secondary N) is 2. The monoisotopic (exact) mass is 447 g/mol. The molecule has 3 heterocycles. The number of guanidine groups is 1. The molecule has 1 amide bonds. The quantitative estimate of drug-likeness (QED) is 0.0869. The fraction of sp³-hybridized carbons (Fsp3) is 0.600. The standard InChI is InChI=1S/C20H29N7O5/c1-9-13(24-5-3-4-6-25-18(21)22)16(29)12-10(8-32-19(23)30)20(31-2)17-11(26-17)7-27(20)14(12)15(9)28/h10-11,17,24,26H,3-8H2,1-2H3,(H2,23,30)(H4,21,22,25)/t10?,11?,17?,20-/m1/s1. The van der Waals surface area contributed by atoms with Crippen molar-refractivity contribution in [2.45, 2.75) is 37.6 Å². The highest BCUT2D eigenvalue weighted by molar-refractivity contribution is 6.25. The van der Waals surface area contributed by atoms with Gasteiger partial charge < -0.3 is 42.2 Å². The van der Waals surface area contributed by atoms with Crippen molar-refractivity contribution in [1.82, 2.24) is 15.5 Å². The summed E-state index contributed by atoms with van der Waals surface area (Å²) in [6.45, 7) is 2.97. The Hall–Kier alpha value is -3.12. The fourth-order valence-corrected chi connectivity index (χ4v) is 5.16. The van der Waals surface area contributed by atoms with Crippen molar-refractivity contribution in [2.75, 3.05) is 33.4 Å². The molecule has 4 rings (SSSR count). The molecular formula is C20H29N7O5. The number of carbonyl (C=O) groups excluding carboxylic acids is 3. The second-order valence-electron chi connectivity index (χ2n) is 8.36. The van der Waals surface area contributed by atoms with Crippen molar-refractivity contribution in [1.29, 1.82) is 0 Å². The Kier molecular flexibility index (Phi) is 5.59. The minimum absolute atomic E-state index is 0.0366. The average Bonchev–Trinajstić information content (AvgIpc) is 3.35. The molecule has 4 atom stereocenters. The molecule has 0 saturated carbocycles. The summed E-state index contributed by atoms with van der Waals surface area (Å²) >= 11 is 0. The molecule has 2 fully saturated rings. The van der Waals surface area contributed by atoms with E-state index in [2.05, 4.69) is 15.6 Å². The summed E-state index contributed by atoms with van der Waals surface area (Å²) in [5, 5.41) is 6.44. The fourth-order valence-electron chi connectivity index (χ4n) is 5.16. The smallest absolute Gasteiger partial charge is 0.404 e. The number of carbonyl (C=O) groups is 3. The van der Waals surface area contributed by atoms with Crippen LogP contribution >= 0.6 is 0 Å². The number of amides is 1. The minimum Gasteiger partial charge on any atom is -0.449 e. The summed E-state index contributed by atoms with van der Waals surface area (Å²) in [5.41, 5.74) is 16.1. The summed E-state index contributed by atoms with van der Waals surface area (Å²) in [6.07, 6.45) is 0.477. The van der Waals surface area contributed by atoms with Gasteiger partial charge in [0.15, 0.2) is 11.7 Å². The summed E-state index contributed by atoms with van der Waals surface area (Å²) < 4.78 is 11.0. The van der Waals surface area contributed by atoms with E-state index in [1.165, 1.54) is 7.11 Å². The van der Waals surface area contributed by atoms with Crippen molar-refractivity contribution in [3.8, 4) is 0 Å². The van der Waals surface area contributed by atoms with Gasteiger partial charge in [0, 0.05) is 43.9 Å². The van der Waals surface area contributed by atoms with Crippen LogP contribution in [0.15, 0.2) is 27.5 Å². The molecule has 12 nitrogen and oxygen atoms in total. The van der Waals surface area contributed by atoms with E-state index in [4.69, 9.17) is 26.7 Å². The van der Waals surface area contributed by atoms with Crippen molar-refractivity contribution in [3.05, 3.63) is 22.5 Å². The molecule has 3 aliphatic heterocycles. The van der Waals surface area contributed by atoms with Gasteiger partial charge in [-0.15, -0.1) is 0 Å². The van der Waals surface area contributed by atoms with Gasteiger partial charge in [0.1, 0.15) is 6.61 Å². The first-order valence-electron chi connectivity index (χ1n) is 10.6. The number of nitrogens with zero attached hydrogens (tertiary/aromatic N) is 2. The third-order valence-corrected chi connectivity index (χ3v) is 6.61. The first-order valence-corrected chi connectivity index (χ1v) is 10.6. The number of methoxy groups -OCH3 is 1. The number of hydrogen-bond acceptors (Lipinski definition) is 9. The van der Waals surface area contributed by atoms with E-state index < -0.39 is 17.7 Å². The predicted molar refractivity (Wildman–Crippen MR) is 114 cm³/mol. The largest absolute Gasteiger partial charge is 0.449 e. The predicted octanol–water partition coefficient (Wildman–Crippen LogP) is -1.97. The molecule has 0 bridgehead atoms. The number of Topliss-reactive ketones (excluding diaryl/α,β-unsaturated/α-hetero) is 2. The van der Waals surface area contributed by atoms with Gasteiger partial charge in [0.2, 0.25) is 11.6 Å². The number of rotatable bonds is 9. The van der Waals surface area contributed by atoms with E-state index in [9.17, 15) is 14.4 Å². The Balaban J connectivity index is 1.57. The molecule has 0 spiro atoms. The number of unbranched alkanes of at least 4 members (excludes halogenated alkanes) is 1. The summed E-state index contributed by atoms with van der Waals surface area (Å²) in [5.74, 6) is -1.13. The number of piperazine rings is 1. The number of ketones is 2. The number of primary amides is 1. The normalized spacial score (nSPS) is 30.2. The molecule has 0 aromatic carbocycles. The maximum atomic E-state index is 13.6. The van der Waals surface area contributed by atoms with Crippen molar-refractivity contribution in [2.24, 2.45) is 28.1 Å². The van der Waals surface area contributed by atoms with Crippen LogP contribution in [0, 0.1) is 5.92 Å². The lowest BCUT2D eigenvalue weighted by Crippen LogP contribution is -2.55. The lowest BCUT2D eigenvalue weighted by molar-refractivity contribution is -0.137. The zero-order valence-electron chi connectivity index (χ0n) is 18.1. The first kappa shape index (κ1) is 22.1. The van der Waals surface area contributed by atoms with E-state index in [0.29, 0.717) is 42.9 Å². The van der Waals surface area contributed by atoms with Gasteiger partial charge in [0.25, 0.3) is 0 Å². The number of aliphatic imine (C=N–C) groups is 1. The number of nitrogens with two attached hydrogens (primary N) is 3. The van der Waals surface area contributed by atoms with Gasteiger partial charge in [-0.25, -0.2) is 4.79 Å². The Bertz CT molecular complexity index is 954. The van der Waals surface area contributed by atoms with Gasteiger partial charge in [-0.2, -0.15) is 0 Å². The van der Waals surface area contributed by atoms with Crippen LogP contribution in [0.2, 0.25) is 0 Å². The highest BCUT2D eigenvalue weighted by atomic mass is 16.6. The van der Waals surface area contributed by atoms with Gasteiger partial charge in [-0.3, -0.25) is 14.6 Å². The van der Waals surface area contributed by atoms with Gasteiger partial charge in [-0.05, 0) is 19.8 Å². The Morgan fingerprint density at radius 2 is 2.03 bits per heavy atom. The molecule has 0 aromatic heterocycles. The molecule has 0 aromatic rings. The van der Waals surface area contributed by atoms with Gasteiger partial charge >= 0.3 is 6.09 Å². The summed E-state index contributed by atoms with van der Waals surface area (Å²) in [7, 11) is 1.54. The van der Waals surface area contributed by atoms with E-state index in [1.54, 1.807) is 6.92 Å². The van der Waals surface area contributed by atoms with Gasteiger partial charge in [0.05, 0.1) is 23.4 Å². The number of fused-ring (bicyclic) bond motifs is 4. The van der Waals surface area contributed by atoms with Crippen LogP contribution in [0.1, 0.15) is 19.8 Å². The highest BCUT2D eigenvalue weighted by Gasteiger charge is 2.72. The minimum atomic E-state index is -0.980. The molecule has 2 saturated heterocycles. The maximum Gasteiger partial charge on any atom is 0.404 e. The third-order valence-electron chi connectivity index (χ3n) is 6.61. The molecule has 12 heteroatoms. The zero-order valence-corrected chi connectivity index (χ0v) is 18.1. The first-order chi connectivity index (χ1) is 15.2. The zero-order chi connectivity index (χ0) is 23.2. The van der Waals surface area contributed by atoms with Crippen LogP contribution in [-0.4, -0.2) is 79.7 Å². The van der Waals surface area contributed by atoms with Crippen LogP contribution in [0.25, 0.3) is 0 Å². The molecular weight excluding hydrogens is 418 g/mol. The second kappa shape index (κ2) is 8.10. The summed E-state index contributed by atoms with van der Waals surface area (Å²) in [6, 6.07) is 0.0735. The van der Waals surface area contributed by atoms with Crippen molar-refractivity contribution >= 4 is 23.6 Å². The van der Waals surface area contributed by atoms with Crippen LogP contribution in [0.4, 0.5) is 4.79 Å². The van der Waals surface area contributed by atoms with Crippen molar-refractivity contribution in [3.63, 3.8) is 0 Å². The molecule has 0 radical (unpaired) electrons. The third kappa shape index (κ3) is 3.30. The van der Waals surface area contributed by atoms with Gasteiger partial charge in [-0.1, -0.05) is 0 Å². The molecule has 1 aliphatic carbocycles. The van der Waals surface area contributed by atoms with Crippen LogP contribution in [0.5, 0.6) is 0 Å². The van der Waals surface area contributed by atoms with Crippen LogP contribution < -0.4 is 27.8 Å². The lowest BCUT2D eigenvalue weighted by Gasteiger charge is -2.39. The van der Waals surface area contributed by atoms with E-state index in [1.807, 2.05) is 4.90 Å². The molecule has 8 N–H and O–H groups in total. The lowest BCUT2D eigenvalue weighted by atomic mass is 9.82. The second-order valence-corrected chi connectivity index (χ2v) is 8.36. The topological polar surface area (TPSA) is 197 Å².